The van der Waals surface area contributed by atoms with E-state index in [9.17, 15) is 4.79 Å². The molecular formula is C21H12ClNOS. The van der Waals surface area contributed by atoms with E-state index in [1.807, 2.05) is 71.3 Å². The topological polar surface area (TPSA) is 22.0 Å². The molecule has 0 aromatic heterocycles. The summed E-state index contributed by atoms with van der Waals surface area (Å²) in [5.41, 5.74) is 2.94. The lowest BCUT2D eigenvalue weighted by atomic mass is 10.1. The van der Waals surface area contributed by atoms with Gasteiger partial charge in [-0.1, -0.05) is 54.1 Å². The van der Waals surface area contributed by atoms with Crippen LogP contribution in [0.2, 0.25) is 5.02 Å². The standard InChI is InChI=1S/C21H12ClNOS/c22-14-7-5-6-13(12-14)20-19-15-8-1-2-9-16(15)21(24)23(19)17-10-3-4-11-18(17)25-20/h1-12H. The Labute approximate surface area is 152 Å². The highest BCUT2D eigenvalue weighted by atomic mass is 35.5. The van der Waals surface area contributed by atoms with E-state index < -0.39 is 0 Å². The fourth-order valence-corrected chi connectivity index (χ4v) is 4.75. The van der Waals surface area contributed by atoms with Crippen LogP contribution in [0.25, 0.3) is 37.1 Å². The molecule has 2 aliphatic rings. The first-order valence-corrected chi connectivity index (χ1v) is 9.14. The van der Waals surface area contributed by atoms with Crippen molar-refractivity contribution in [3.63, 3.8) is 0 Å². The van der Waals surface area contributed by atoms with E-state index in [1.165, 1.54) is 0 Å². The summed E-state index contributed by atoms with van der Waals surface area (Å²) in [5, 5.41) is 2.41. The van der Waals surface area contributed by atoms with E-state index in [2.05, 4.69) is 6.07 Å². The smallest absolute Gasteiger partial charge is 0.263 e. The van der Waals surface area contributed by atoms with E-state index in [1.54, 1.807) is 11.3 Å². The lowest BCUT2D eigenvalue weighted by molar-refractivity contribution is 1.10. The molecule has 0 amide bonds. The number of halogens is 1. The van der Waals surface area contributed by atoms with Crippen molar-refractivity contribution in [1.29, 1.82) is 0 Å². The molecule has 25 heavy (non-hydrogen) atoms. The highest BCUT2D eigenvalue weighted by Gasteiger charge is 2.22. The first kappa shape index (κ1) is 14.7. The van der Waals surface area contributed by atoms with Crippen LogP contribution >= 0.6 is 22.9 Å². The van der Waals surface area contributed by atoms with Crippen LogP contribution in [0.4, 0.5) is 0 Å². The van der Waals surface area contributed by atoms with Gasteiger partial charge in [0.15, 0.2) is 0 Å². The molecule has 0 bridgehead atoms. The molecule has 0 fully saturated rings. The number of rotatable bonds is 1. The molecule has 0 saturated carbocycles. The van der Waals surface area contributed by atoms with Crippen molar-refractivity contribution in [2.24, 2.45) is 0 Å². The first-order valence-electron chi connectivity index (χ1n) is 7.95. The summed E-state index contributed by atoms with van der Waals surface area (Å²) in [4.78, 5) is 14.1. The molecule has 3 aromatic carbocycles. The normalized spacial score (nSPS) is 11.6. The van der Waals surface area contributed by atoms with Gasteiger partial charge in [-0.15, -0.1) is 11.3 Å². The Bertz CT molecular complexity index is 1280. The SMILES string of the molecule is O=c1c2ccccc2c2c(-c3cccc(Cl)c3)sc3ccccc3n1-2. The Hall–Kier alpha value is -2.62. The van der Waals surface area contributed by atoms with Crippen molar-refractivity contribution in [1.82, 2.24) is 4.57 Å². The molecule has 5 rings (SSSR count). The van der Waals surface area contributed by atoms with E-state index in [0.717, 1.165) is 37.1 Å². The van der Waals surface area contributed by atoms with Crippen molar-refractivity contribution in [2.75, 3.05) is 0 Å². The number of benzene rings is 3. The van der Waals surface area contributed by atoms with Gasteiger partial charge >= 0.3 is 0 Å². The van der Waals surface area contributed by atoms with Gasteiger partial charge in [0.25, 0.3) is 5.56 Å². The molecule has 0 aliphatic carbocycles. The Morgan fingerprint density at radius 3 is 2.44 bits per heavy atom. The van der Waals surface area contributed by atoms with E-state index in [-0.39, 0.29) is 5.56 Å². The molecule has 0 radical (unpaired) electrons. The highest BCUT2D eigenvalue weighted by molar-refractivity contribution is 7.22. The van der Waals surface area contributed by atoms with Gasteiger partial charge in [-0.05, 0) is 35.9 Å². The van der Waals surface area contributed by atoms with Crippen molar-refractivity contribution in [3.8, 4) is 16.1 Å². The third-order valence-electron chi connectivity index (χ3n) is 4.46. The molecule has 0 N–H and O–H groups in total. The Morgan fingerprint density at radius 1 is 0.840 bits per heavy atom. The maximum Gasteiger partial charge on any atom is 0.263 e. The number of aromatic nitrogens is 1. The monoisotopic (exact) mass is 361 g/mol. The van der Waals surface area contributed by atoms with Crippen LogP contribution in [-0.4, -0.2) is 4.57 Å². The second kappa shape index (κ2) is 5.45. The Balaban J connectivity index is 2.06. The van der Waals surface area contributed by atoms with Crippen LogP contribution in [0.5, 0.6) is 0 Å². The summed E-state index contributed by atoms with van der Waals surface area (Å²) in [6.45, 7) is 0. The Kier molecular flexibility index (Phi) is 3.20. The van der Waals surface area contributed by atoms with Gasteiger partial charge in [0.05, 0.1) is 20.8 Å². The summed E-state index contributed by atoms with van der Waals surface area (Å²) in [6, 6.07) is 23.6. The lowest BCUT2D eigenvalue weighted by Gasteiger charge is -2.14. The van der Waals surface area contributed by atoms with Crippen LogP contribution in [0.15, 0.2) is 77.6 Å². The average Bonchev–Trinajstić information content (AvgIpc) is 2.95. The lowest BCUT2D eigenvalue weighted by Crippen LogP contribution is -2.13. The van der Waals surface area contributed by atoms with Gasteiger partial charge in [-0.25, -0.2) is 0 Å². The number of para-hydroxylation sites is 1. The molecule has 2 nitrogen and oxygen atoms in total. The van der Waals surface area contributed by atoms with Crippen LogP contribution in [-0.2, 0) is 0 Å². The third kappa shape index (κ3) is 2.13. The zero-order valence-corrected chi connectivity index (χ0v) is 14.6. The van der Waals surface area contributed by atoms with Crippen molar-refractivity contribution < 1.29 is 0 Å². The first-order chi connectivity index (χ1) is 12.2. The molecule has 0 unspecified atom stereocenters. The summed E-state index contributed by atoms with van der Waals surface area (Å²) in [7, 11) is 0. The fraction of sp³-hybridized carbons (Fsp3) is 0. The maximum absolute atomic E-state index is 13.1. The second-order valence-electron chi connectivity index (χ2n) is 5.94. The number of fused-ring (bicyclic) bond motifs is 5. The molecule has 0 spiro atoms. The van der Waals surface area contributed by atoms with E-state index in [0.29, 0.717) is 5.02 Å². The number of nitrogens with zero attached hydrogens (tertiary/aromatic N) is 1. The minimum atomic E-state index is 0.0258. The molecule has 0 saturated heterocycles. The highest BCUT2D eigenvalue weighted by Crippen LogP contribution is 2.41. The molecule has 120 valence electrons. The number of hydrogen-bond acceptors (Lipinski definition) is 2. The molecule has 3 aromatic rings. The third-order valence-corrected chi connectivity index (χ3v) is 5.89. The zero-order valence-electron chi connectivity index (χ0n) is 13.1. The van der Waals surface area contributed by atoms with Crippen molar-refractivity contribution >= 4 is 43.9 Å². The largest absolute Gasteiger partial charge is 0.273 e. The van der Waals surface area contributed by atoms with Crippen LogP contribution in [0, 0.1) is 0 Å². The average molecular weight is 362 g/mol. The minimum absolute atomic E-state index is 0.0258. The van der Waals surface area contributed by atoms with Crippen molar-refractivity contribution in [2.45, 2.75) is 0 Å². The summed E-state index contributed by atoms with van der Waals surface area (Å²) in [6.07, 6.45) is 0. The van der Waals surface area contributed by atoms with Gasteiger partial charge in [0, 0.05) is 15.8 Å². The second-order valence-corrected chi connectivity index (χ2v) is 7.43. The zero-order chi connectivity index (χ0) is 17.0. The van der Waals surface area contributed by atoms with Crippen LogP contribution in [0.3, 0.4) is 0 Å². The molecule has 4 heteroatoms. The number of hydrogen-bond donors (Lipinski definition) is 0. The quantitative estimate of drug-likeness (QED) is 0.361. The van der Waals surface area contributed by atoms with Crippen LogP contribution in [0.1, 0.15) is 0 Å². The summed E-state index contributed by atoms with van der Waals surface area (Å²) >= 11 is 7.91. The van der Waals surface area contributed by atoms with Gasteiger partial charge in [0.2, 0.25) is 0 Å². The molecule has 2 aliphatic heterocycles. The fourth-order valence-electron chi connectivity index (χ4n) is 3.38. The predicted octanol–water partition coefficient (Wildman–Crippen LogP) is 5.96. The van der Waals surface area contributed by atoms with Crippen LogP contribution < -0.4 is 5.56 Å². The van der Waals surface area contributed by atoms with Gasteiger partial charge in [-0.3, -0.25) is 9.36 Å². The van der Waals surface area contributed by atoms with E-state index in [4.69, 9.17) is 11.6 Å². The van der Waals surface area contributed by atoms with Crippen molar-refractivity contribution in [3.05, 3.63) is 88.2 Å². The molecular weight excluding hydrogens is 350 g/mol. The van der Waals surface area contributed by atoms with E-state index >= 15 is 0 Å². The maximum atomic E-state index is 13.1. The minimum Gasteiger partial charge on any atom is -0.273 e. The Morgan fingerprint density at radius 2 is 1.60 bits per heavy atom. The summed E-state index contributed by atoms with van der Waals surface area (Å²) < 4.78 is 2.91. The molecule has 2 heterocycles. The summed E-state index contributed by atoms with van der Waals surface area (Å²) in [5.74, 6) is 0. The van der Waals surface area contributed by atoms with Gasteiger partial charge in [0.1, 0.15) is 0 Å². The molecule has 0 atom stereocenters. The van der Waals surface area contributed by atoms with Gasteiger partial charge < -0.3 is 0 Å². The van der Waals surface area contributed by atoms with Gasteiger partial charge in [-0.2, -0.15) is 0 Å². The predicted molar refractivity (Wildman–Crippen MR) is 107 cm³/mol.